The smallest absolute Gasteiger partial charge is 0.337 e. The second-order valence-corrected chi connectivity index (χ2v) is 4.66. The van der Waals surface area contributed by atoms with Gasteiger partial charge in [0, 0.05) is 11.6 Å². The molecule has 0 aliphatic carbocycles. The zero-order valence-electron chi connectivity index (χ0n) is 10.2. The lowest BCUT2D eigenvalue weighted by Gasteiger charge is -2.11. The minimum atomic E-state index is -1.12. The Kier molecular flexibility index (Phi) is 4.97. The molecule has 98 valence electrons. The summed E-state index contributed by atoms with van der Waals surface area (Å²) >= 11 is 5.77. The van der Waals surface area contributed by atoms with Crippen LogP contribution >= 0.6 is 11.6 Å². The summed E-state index contributed by atoms with van der Waals surface area (Å²) in [4.78, 5) is 22.5. The number of aromatic carboxylic acids is 1. The number of amides is 2. The van der Waals surface area contributed by atoms with E-state index in [0.717, 1.165) is 0 Å². The van der Waals surface area contributed by atoms with E-state index in [1.165, 1.54) is 18.2 Å². The molecule has 0 aliphatic heterocycles. The van der Waals surface area contributed by atoms with Crippen LogP contribution in [0.3, 0.4) is 0 Å². The molecule has 2 amide bonds. The molecule has 0 fully saturated rings. The Balaban J connectivity index is 2.79. The number of nitrogens with one attached hydrogen (secondary N) is 2. The van der Waals surface area contributed by atoms with Gasteiger partial charge in [-0.1, -0.05) is 25.4 Å². The summed E-state index contributed by atoms with van der Waals surface area (Å²) < 4.78 is 0. The summed E-state index contributed by atoms with van der Waals surface area (Å²) in [6.07, 6.45) is 0. The minimum Gasteiger partial charge on any atom is -0.478 e. The summed E-state index contributed by atoms with van der Waals surface area (Å²) in [6, 6.07) is 3.76. The number of carboxylic acid groups (broad SMARTS) is 1. The van der Waals surface area contributed by atoms with Crippen molar-refractivity contribution < 1.29 is 14.7 Å². The van der Waals surface area contributed by atoms with Gasteiger partial charge in [0.15, 0.2) is 0 Å². The quantitative estimate of drug-likeness (QED) is 0.787. The maximum absolute atomic E-state index is 11.5. The van der Waals surface area contributed by atoms with Gasteiger partial charge in [0.1, 0.15) is 0 Å². The largest absolute Gasteiger partial charge is 0.478 e. The minimum absolute atomic E-state index is 0.000836. The van der Waals surface area contributed by atoms with Crippen molar-refractivity contribution in [1.29, 1.82) is 0 Å². The van der Waals surface area contributed by atoms with E-state index in [1.807, 2.05) is 13.8 Å². The molecule has 1 rings (SSSR count). The number of carbonyl (C=O) groups is 2. The van der Waals surface area contributed by atoms with Gasteiger partial charge in [-0.25, -0.2) is 9.59 Å². The van der Waals surface area contributed by atoms with Crippen LogP contribution in [-0.2, 0) is 0 Å². The predicted octanol–water partition coefficient (Wildman–Crippen LogP) is 2.82. The molecule has 0 saturated carbocycles. The van der Waals surface area contributed by atoms with Crippen molar-refractivity contribution in [2.45, 2.75) is 13.8 Å². The normalized spacial score (nSPS) is 10.2. The van der Waals surface area contributed by atoms with Crippen LogP contribution in [-0.4, -0.2) is 23.7 Å². The van der Waals surface area contributed by atoms with Crippen molar-refractivity contribution in [2.24, 2.45) is 5.92 Å². The van der Waals surface area contributed by atoms with Crippen molar-refractivity contribution in [3.63, 3.8) is 0 Å². The topological polar surface area (TPSA) is 78.4 Å². The third-order valence-corrected chi connectivity index (χ3v) is 2.37. The third kappa shape index (κ3) is 4.25. The van der Waals surface area contributed by atoms with E-state index in [-0.39, 0.29) is 11.3 Å². The molecule has 0 radical (unpaired) electrons. The summed E-state index contributed by atoms with van der Waals surface area (Å²) in [6.45, 7) is 4.43. The standard InChI is InChI=1S/C12H15ClN2O3/c1-7(2)6-14-12(18)15-10-5-8(13)3-4-9(10)11(16)17/h3-5,7H,6H2,1-2H3,(H,16,17)(H2,14,15,18). The van der Waals surface area contributed by atoms with Crippen molar-refractivity contribution in [2.75, 3.05) is 11.9 Å². The average Bonchev–Trinajstić information content (AvgIpc) is 2.26. The van der Waals surface area contributed by atoms with E-state index in [0.29, 0.717) is 17.5 Å². The second-order valence-electron chi connectivity index (χ2n) is 4.22. The average molecular weight is 271 g/mol. The maximum atomic E-state index is 11.5. The second kappa shape index (κ2) is 6.26. The number of carboxylic acids is 1. The van der Waals surface area contributed by atoms with Gasteiger partial charge in [-0.05, 0) is 24.1 Å². The molecule has 18 heavy (non-hydrogen) atoms. The van der Waals surface area contributed by atoms with Crippen molar-refractivity contribution in [3.05, 3.63) is 28.8 Å². The lowest BCUT2D eigenvalue weighted by molar-refractivity contribution is 0.0698. The first-order valence-electron chi connectivity index (χ1n) is 5.48. The van der Waals surface area contributed by atoms with Gasteiger partial charge >= 0.3 is 12.0 Å². The van der Waals surface area contributed by atoms with Gasteiger partial charge in [0.05, 0.1) is 11.3 Å². The number of anilines is 1. The lowest BCUT2D eigenvalue weighted by atomic mass is 10.2. The fourth-order valence-corrected chi connectivity index (χ4v) is 1.44. The fraction of sp³-hybridized carbons (Fsp3) is 0.333. The third-order valence-electron chi connectivity index (χ3n) is 2.13. The van der Waals surface area contributed by atoms with Crippen molar-refractivity contribution in [3.8, 4) is 0 Å². The highest BCUT2D eigenvalue weighted by Crippen LogP contribution is 2.21. The Bertz CT molecular complexity index is 461. The van der Waals surface area contributed by atoms with Crippen LogP contribution in [0.15, 0.2) is 18.2 Å². The lowest BCUT2D eigenvalue weighted by Crippen LogP contribution is -2.32. The van der Waals surface area contributed by atoms with E-state index >= 15 is 0 Å². The van der Waals surface area contributed by atoms with E-state index in [4.69, 9.17) is 16.7 Å². The predicted molar refractivity (Wildman–Crippen MR) is 70.3 cm³/mol. The molecule has 1 aromatic carbocycles. The fourth-order valence-electron chi connectivity index (χ4n) is 1.27. The molecule has 0 bridgehead atoms. The molecule has 0 spiro atoms. The Morgan fingerprint density at radius 3 is 2.61 bits per heavy atom. The van der Waals surface area contributed by atoms with E-state index in [2.05, 4.69) is 10.6 Å². The van der Waals surface area contributed by atoms with Crippen molar-refractivity contribution in [1.82, 2.24) is 5.32 Å². The Labute approximate surface area is 110 Å². The number of urea groups is 1. The molecule has 0 unspecified atom stereocenters. The summed E-state index contributed by atoms with van der Waals surface area (Å²) in [5.74, 6) is -0.806. The van der Waals surface area contributed by atoms with E-state index in [9.17, 15) is 9.59 Å². The summed E-state index contributed by atoms with van der Waals surface area (Å²) in [5.41, 5.74) is 0.176. The molecule has 6 heteroatoms. The van der Waals surface area contributed by atoms with Crippen LogP contribution in [0.25, 0.3) is 0 Å². The zero-order valence-corrected chi connectivity index (χ0v) is 10.9. The van der Waals surface area contributed by atoms with Gasteiger partial charge in [0.2, 0.25) is 0 Å². The molecule has 3 N–H and O–H groups in total. The highest BCUT2D eigenvalue weighted by molar-refractivity contribution is 6.31. The van der Waals surface area contributed by atoms with E-state index in [1.54, 1.807) is 0 Å². The number of carbonyl (C=O) groups excluding carboxylic acids is 1. The van der Waals surface area contributed by atoms with Crippen LogP contribution in [0.4, 0.5) is 10.5 Å². The SMILES string of the molecule is CC(C)CNC(=O)Nc1cc(Cl)ccc1C(=O)O. The Morgan fingerprint density at radius 1 is 1.39 bits per heavy atom. The first-order chi connectivity index (χ1) is 8.40. The number of hydrogen-bond acceptors (Lipinski definition) is 2. The summed E-state index contributed by atoms with van der Waals surface area (Å²) in [7, 11) is 0. The van der Waals surface area contributed by atoms with Crippen LogP contribution in [0.1, 0.15) is 24.2 Å². The monoisotopic (exact) mass is 270 g/mol. The summed E-state index contributed by atoms with van der Waals surface area (Å²) in [5, 5.41) is 14.4. The van der Waals surface area contributed by atoms with Gasteiger partial charge in [0.25, 0.3) is 0 Å². The molecule has 0 aliphatic rings. The maximum Gasteiger partial charge on any atom is 0.337 e. The zero-order chi connectivity index (χ0) is 13.7. The molecule has 0 heterocycles. The first kappa shape index (κ1) is 14.3. The Hall–Kier alpha value is -1.75. The molecular formula is C12H15ClN2O3. The van der Waals surface area contributed by atoms with Crippen molar-refractivity contribution >= 4 is 29.3 Å². The number of rotatable bonds is 4. The molecular weight excluding hydrogens is 256 g/mol. The van der Waals surface area contributed by atoms with Gasteiger partial charge in [-0.2, -0.15) is 0 Å². The van der Waals surface area contributed by atoms with Crippen LogP contribution in [0.5, 0.6) is 0 Å². The van der Waals surface area contributed by atoms with Crippen LogP contribution in [0, 0.1) is 5.92 Å². The molecule has 0 atom stereocenters. The highest BCUT2D eigenvalue weighted by Gasteiger charge is 2.12. The number of benzene rings is 1. The van der Waals surface area contributed by atoms with Gasteiger partial charge in [-0.15, -0.1) is 0 Å². The number of hydrogen-bond donors (Lipinski definition) is 3. The first-order valence-corrected chi connectivity index (χ1v) is 5.85. The van der Waals surface area contributed by atoms with Gasteiger partial charge < -0.3 is 15.7 Å². The molecule has 1 aromatic rings. The highest BCUT2D eigenvalue weighted by atomic mass is 35.5. The molecule has 0 aromatic heterocycles. The molecule has 5 nitrogen and oxygen atoms in total. The number of halogens is 1. The van der Waals surface area contributed by atoms with Crippen LogP contribution < -0.4 is 10.6 Å². The van der Waals surface area contributed by atoms with E-state index < -0.39 is 12.0 Å². The Morgan fingerprint density at radius 2 is 2.06 bits per heavy atom. The molecule has 0 saturated heterocycles. The van der Waals surface area contributed by atoms with Crippen LogP contribution in [0.2, 0.25) is 5.02 Å². The van der Waals surface area contributed by atoms with Gasteiger partial charge in [-0.3, -0.25) is 0 Å².